The highest BCUT2D eigenvalue weighted by molar-refractivity contribution is 5.99. The van der Waals surface area contributed by atoms with Gasteiger partial charge in [-0.3, -0.25) is 10.1 Å². The summed E-state index contributed by atoms with van der Waals surface area (Å²) in [5, 5.41) is 12.4. The zero-order valence-electron chi connectivity index (χ0n) is 12.7. The van der Waals surface area contributed by atoms with Crippen LogP contribution in [0.3, 0.4) is 0 Å². The Bertz CT molecular complexity index is 1040. The molecule has 24 heavy (non-hydrogen) atoms. The van der Waals surface area contributed by atoms with E-state index in [1.54, 1.807) is 18.3 Å². The summed E-state index contributed by atoms with van der Waals surface area (Å²) in [7, 11) is 0. The fourth-order valence-corrected chi connectivity index (χ4v) is 2.94. The fourth-order valence-electron chi connectivity index (χ4n) is 2.94. The number of pyridine rings is 1. The fraction of sp³-hybridized carbons (Fsp3) is 0. The minimum Gasteiger partial charge on any atom is -0.301 e. The largest absolute Gasteiger partial charge is 0.301 e. The third-order valence-electron chi connectivity index (χ3n) is 4.00. The molecule has 5 heteroatoms. The van der Waals surface area contributed by atoms with Crippen molar-refractivity contribution < 1.29 is 4.92 Å². The number of nitro benzene ring substituents is 1. The van der Waals surface area contributed by atoms with Crippen LogP contribution in [0.5, 0.6) is 0 Å². The number of para-hydroxylation sites is 2. The van der Waals surface area contributed by atoms with Gasteiger partial charge in [0.25, 0.3) is 5.69 Å². The third-order valence-corrected chi connectivity index (χ3v) is 4.00. The van der Waals surface area contributed by atoms with Crippen molar-refractivity contribution in [3.63, 3.8) is 0 Å². The average molecular weight is 315 g/mol. The molecule has 4 rings (SSSR count). The van der Waals surface area contributed by atoms with Gasteiger partial charge in [-0.2, -0.15) is 0 Å². The highest BCUT2D eigenvalue weighted by Gasteiger charge is 2.19. The molecular weight excluding hydrogens is 302 g/mol. The summed E-state index contributed by atoms with van der Waals surface area (Å²) in [6.07, 6.45) is 3.64. The van der Waals surface area contributed by atoms with Crippen molar-refractivity contribution in [3.8, 4) is 16.9 Å². The van der Waals surface area contributed by atoms with Crippen molar-refractivity contribution in [1.82, 2.24) is 9.55 Å². The highest BCUT2D eigenvalue weighted by atomic mass is 16.6. The summed E-state index contributed by atoms with van der Waals surface area (Å²) in [5.74, 6) is 0.776. The molecule has 0 saturated carbocycles. The number of nitrogens with zero attached hydrogens (tertiary/aromatic N) is 3. The number of nitro groups is 1. The lowest BCUT2D eigenvalue weighted by molar-refractivity contribution is -0.384. The first-order valence-corrected chi connectivity index (χ1v) is 7.51. The Morgan fingerprint density at radius 2 is 1.62 bits per heavy atom. The van der Waals surface area contributed by atoms with Gasteiger partial charge in [0, 0.05) is 29.4 Å². The van der Waals surface area contributed by atoms with Crippen LogP contribution in [0.4, 0.5) is 5.69 Å². The summed E-state index contributed by atoms with van der Waals surface area (Å²) in [4.78, 5) is 15.4. The molecule has 0 atom stereocenters. The number of aromatic nitrogens is 2. The maximum atomic E-state index is 11.4. The smallest absolute Gasteiger partial charge is 0.277 e. The second kappa shape index (κ2) is 5.62. The van der Waals surface area contributed by atoms with Gasteiger partial charge in [0.05, 0.1) is 16.0 Å². The van der Waals surface area contributed by atoms with Crippen molar-refractivity contribution in [1.29, 1.82) is 0 Å². The minimum absolute atomic E-state index is 0.0985. The van der Waals surface area contributed by atoms with Crippen molar-refractivity contribution >= 4 is 16.6 Å². The molecule has 0 bridgehead atoms. The van der Waals surface area contributed by atoms with E-state index in [1.807, 2.05) is 59.3 Å². The van der Waals surface area contributed by atoms with Crippen LogP contribution < -0.4 is 0 Å². The number of hydrogen-bond donors (Lipinski definition) is 0. The maximum Gasteiger partial charge on any atom is 0.277 e. The Balaban J connectivity index is 2.04. The topological polar surface area (TPSA) is 61.0 Å². The molecule has 2 heterocycles. The Morgan fingerprint density at radius 3 is 2.42 bits per heavy atom. The molecule has 0 amide bonds. The van der Waals surface area contributed by atoms with Crippen molar-refractivity contribution in [3.05, 3.63) is 89.2 Å². The molecule has 0 aliphatic rings. The van der Waals surface area contributed by atoms with Gasteiger partial charge in [0.2, 0.25) is 0 Å². The van der Waals surface area contributed by atoms with Crippen LogP contribution in [-0.4, -0.2) is 14.5 Å². The molecule has 0 aliphatic heterocycles. The Hall–Kier alpha value is -3.47. The Labute approximate surface area is 138 Å². The van der Waals surface area contributed by atoms with Gasteiger partial charge in [-0.15, -0.1) is 0 Å². The maximum absolute atomic E-state index is 11.4. The molecule has 0 N–H and O–H groups in total. The van der Waals surface area contributed by atoms with Gasteiger partial charge >= 0.3 is 0 Å². The molecule has 2 aromatic carbocycles. The molecule has 0 radical (unpaired) electrons. The molecule has 0 unspecified atom stereocenters. The van der Waals surface area contributed by atoms with Crippen molar-refractivity contribution in [2.24, 2.45) is 0 Å². The average Bonchev–Trinajstić information content (AvgIpc) is 3.02. The van der Waals surface area contributed by atoms with Crippen LogP contribution in [-0.2, 0) is 0 Å². The van der Waals surface area contributed by atoms with E-state index >= 15 is 0 Å². The Morgan fingerprint density at radius 1 is 0.875 bits per heavy atom. The van der Waals surface area contributed by atoms with E-state index in [4.69, 9.17) is 0 Å². The van der Waals surface area contributed by atoms with Gasteiger partial charge in [-0.1, -0.05) is 36.4 Å². The lowest BCUT2D eigenvalue weighted by atomic mass is 10.0. The van der Waals surface area contributed by atoms with Gasteiger partial charge in [0.15, 0.2) is 0 Å². The first-order valence-electron chi connectivity index (χ1n) is 7.51. The molecule has 0 spiro atoms. The summed E-state index contributed by atoms with van der Waals surface area (Å²) in [6, 6.07) is 20.3. The molecular formula is C19H13N3O2. The first kappa shape index (κ1) is 14.1. The van der Waals surface area contributed by atoms with Gasteiger partial charge in [-0.25, -0.2) is 4.98 Å². The number of hydrogen-bond acceptors (Lipinski definition) is 3. The zero-order chi connectivity index (χ0) is 16.5. The van der Waals surface area contributed by atoms with E-state index in [-0.39, 0.29) is 10.6 Å². The van der Waals surface area contributed by atoms with Crippen LogP contribution in [0.1, 0.15) is 0 Å². The van der Waals surface area contributed by atoms with Gasteiger partial charge < -0.3 is 4.57 Å². The van der Waals surface area contributed by atoms with E-state index in [0.29, 0.717) is 5.56 Å². The standard InChI is InChI=1S/C19H13N3O2/c23-22(24)18-10-4-2-8-15(18)16-13-21(19-11-5-6-12-20-19)17-9-3-1-7-14(16)17/h1-13H. The van der Waals surface area contributed by atoms with E-state index in [2.05, 4.69) is 4.98 Å². The molecule has 5 nitrogen and oxygen atoms in total. The SMILES string of the molecule is O=[N+]([O-])c1ccccc1-c1cn(-c2ccccn2)c2ccccc12. The summed E-state index contributed by atoms with van der Waals surface area (Å²) >= 11 is 0. The van der Waals surface area contributed by atoms with Crippen LogP contribution in [0.15, 0.2) is 79.1 Å². The van der Waals surface area contributed by atoms with E-state index in [0.717, 1.165) is 22.3 Å². The number of rotatable bonds is 3. The predicted octanol–water partition coefficient (Wildman–Crippen LogP) is 4.60. The predicted molar refractivity (Wildman–Crippen MR) is 93.2 cm³/mol. The Kier molecular flexibility index (Phi) is 3.31. The van der Waals surface area contributed by atoms with Crippen molar-refractivity contribution in [2.45, 2.75) is 0 Å². The van der Waals surface area contributed by atoms with E-state index in [1.165, 1.54) is 6.07 Å². The normalized spacial score (nSPS) is 10.8. The molecule has 116 valence electrons. The summed E-state index contributed by atoms with van der Waals surface area (Å²) in [6.45, 7) is 0. The third kappa shape index (κ3) is 2.23. The molecule has 0 saturated heterocycles. The van der Waals surface area contributed by atoms with E-state index in [9.17, 15) is 10.1 Å². The molecule has 2 aromatic heterocycles. The zero-order valence-corrected chi connectivity index (χ0v) is 12.7. The van der Waals surface area contributed by atoms with Crippen molar-refractivity contribution in [2.75, 3.05) is 0 Å². The molecule has 0 aliphatic carbocycles. The molecule has 0 fully saturated rings. The van der Waals surface area contributed by atoms with Gasteiger partial charge in [-0.05, 0) is 24.3 Å². The number of benzene rings is 2. The highest BCUT2D eigenvalue weighted by Crippen LogP contribution is 2.36. The van der Waals surface area contributed by atoms with Crippen LogP contribution >= 0.6 is 0 Å². The minimum atomic E-state index is -0.345. The second-order valence-corrected chi connectivity index (χ2v) is 5.39. The van der Waals surface area contributed by atoms with E-state index < -0.39 is 0 Å². The quantitative estimate of drug-likeness (QED) is 0.410. The monoisotopic (exact) mass is 315 g/mol. The summed E-state index contributed by atoms with van der Waals surface area (Å²) in [5.41, 5.74) is 2.49. The molecule has 4 aromatic rings. The lowest BCUT2D eigenvalue weighted by Crippen LogP contribution is -1.94. The van der Waals surface area contributed by atoms with Gasteiger partial charge in [0.1, 0.15) is 5.82 Å². The van der Waals surface area contributed by atoms with Crippen LogP contribution in [0, 0.1) is 10.1 Å². The van der Waals surface area contributed by atoms with Crippen LogP contribution in [0.2, 0.25) is 0 Å². The number of fused-ring (bicyclic) bond motifs is 1. The summed E-state index contributed by atoms with van der Waals surface area (Å²) < 4.78 is 1.96. The first-order chi connectivity index (χ1) is 11.8. The second-order valence-electron chi connectivity index (χ2n) is 5.39. The lowest BCUT2D eigenvalue weighted by Gasteiger charge is -2.02. The van der Waals surface area contributed by atoms with Crippen LogP contribution in [0.25, 0.3) is 27.8 Å².